The molecule has 30 heavy (non-hydrogen) atoms. The van der Waals surface area contributed by atoms with Crippen LogP contribution < -0.4 is 14.8 Å². The third kappa shape index (κ3) is 4.94. The number of amides is 1. The van der Waals surface area contributed by atoms with Crippen LogP contribution in [-0.2, 0) is 14.8 Å². The number of rotatable bonds is 7. The Morgan fingerprint density at radius 3 is 2.50 bits per heavy atom. The van der Waals surface area contributed by atoms with E-state index in [0.29, 0.717) is 30.2 Å². The summed E-state index contributed by atoms with van der Waals surface area (Å²) in [5.41, 5.74) is 1.58. The number of hydrogen-bond donors (Lipinski definition) is 1. The van der Waals surface area contributed by atoms with E-state index in [2.05, 4.69) is 5.32 Å². The van der Waals surface area contributed by atoms with Crippen LogP contribution in [0.5, 0.6) is 11.5 Å². The van der Waals surface area contributed by atoms with Crippen molar-refractivity contribution in [2.24, 2.45) is 0 Å². The van der Waals surface area contributed by atoms with Gasteiger partial charge < -0.3 is 14.8 Å². The summed E-state index contributed by atoms with van der Waals surface area (Å²) in [6.07, 6.45) is 2.40. The molecule has 0 aromatic heterocycles. The normalized spacial score (nSPS) is 17.4. The summed E-state index contributed by atoms with van der Waals surface area (Å²) >= 11 is 0. The second-order valence-electron chi connectivity index (χ2n) is 7.40. The predicted octanol–water partition coefficient (Wildman–Crippen LogP) is 3.58. The van der Waals surface area contributed by atoms with E-state index in [-0.39, 0.29) is 23.3 Å². The van der Waals surface area contributed by atoms with Gasteiger partial charge in [-0.3, -0.25) is 4.79 Å². The molecule has 1 atom stereocenters. The Bertz CT molecular complexity index is 989. The fourth-order valence-corrected chi connectivity index (χ4v) is 5.41. The minimum atomic E-state index is -3.70. The van der Waals surface area contributed by atoms with Gasteiger partial charge in [0.05, 0.1) is 24.8 Å². The number of methoxy groups -OCH3 is 2. The van der Waals surface area contributed by atoms with Gasteiger partial charge in [-0.1, -0.05) is 12.5 Å². The van der Waals surface area contributed by atoms with E-state index in [1.54, 1.807) is 25.3 Å². The number of sulfonamides is 1. The number of nitrogens with zero attached hydrogens (tertiary/aromatic N) is 1. The quantitative estimate of drug-likeness (QED) is 0.723. The maximum atomic E-state index is 13.2. The zero-order chi connectivity index (χ0) is 21.7. The van der Waals surface area contributed by atoms with Crippen LogP contribution in [-0.4, -0.2) is 45.4 Å². The Morgan fingerprint density at radius 2 is 1.83 bits per heavy atom. The fraction of sp³-hybridized carbons (Fsp3) is 0.409. The molecule has 0 aliphatic carbocycles. The number of ether oxygens (including phenoxy) is 2. The SMILES string of the molecule is COc1ccc(S(=O)(=O)N2CCCCC2CC(=O)Nc2cc(C)ccc2OC)cc1. The number of benzene rings is 2. The molecule has 7 nitrogen and oxygen atoms in total. The van der Waals surface area contributed by atoms with Gasteiger partial charge in [0.25, 0.3) is 0 Å². The molecule has 8 heteroatoms. The van der Waals surface area contributed by atoms with Crippen molar-refractivity contribution >= 4 is 21.6 Å². The zero-order valence-electron chi connectivity index (χ0n) is 17.6. The summed E-state index contributed by atoms with van der Waals surface area (Å²) in [5, 5.41) is 2.87. The van der Waals surface area contributed by atoms with Crippen molar-refractivity contribution in [3.8, 4) is 11.5 Å². The number of nitrogens with one attached hydrogen (secondary N) is 1. The van der Waals surface area contributed by atoms with Crippen LogP contribution in [0.1, 0.15) is 31.2 Å². The molecular formula is C22H28N2O5S. The Labute approximate surface area is 178 Å². The molecule has 1 N–H and O–H groups in total. The minimum Gasteiger partial charge on any atom is -0.497 e. The average Bonchev–Trinajstić information content (AvgIpc) is 2.74. The maximum absolute atomic E-state index is 13.2. The highest BCUT2D eigenvalue weighted by atomic mass is 32.2. The summed E-state index contributed by atoms with van der Waals surface area (Å²) in [7, 11) is -0.621. The van der Waals surface area contributed by atoms with Crippen LogP contribution in [0.3, 0.4) is 0 Å². The third-order valence-corrected chi connectivity index (χ3v) is 7.26. The highest BCUT2D eigenvalue weighted by Gasteiger charge is 2.34. The van der Waals surface area contributed by atoms with Gasteiger partial charge in [0, 0.05) is 19.0 Å². The summed E-state index contributed by atoms with van der Waals surface area (Å²) in [6, 6.07) is 11.5. The Balaban J connectivity index is 1.77. The van der Waals surface area contributed by atoms with Crippen LogP contribution in [0.15, 0.2) is 47.4 Å². The number of carbonyl (C=O) groups excluding carboxylic acids is 1. The van der Waals surface area contributed by atoms with E-state index in [4.69, 9.17) is 9.47 Å². The van der Waals surface area contributed by atoms with E-state index in [1.807, 2.05) is 19.1 Å². The van der Waals surface area contributed by atoms with Gasteiger partial charge in [-0.2, -0.15) is 4.31 Å². The second kappa shape index (κ2) is 9.49. The highest BCUT2D eigenvalue weighted by molar-refractivity contribution is 7.89. The molecule has 1 heterocycles. The van der Waals surface area contributed by atoms with E-state index < -0.39 is 10.0 Å². The van der Waals surface area contributed by atoms with Crippen LogP contribution in [0.25, 0.3) is 0 Å². The minimum absolute atomic E-state index is 0.0898. The lowest BCUT2D eigenvalue weighted by molar-refractivity contribution is -0.117. The van der Waals surface area contributed by atoms with Crippen molar-refractivity contribution < 1.29 is 22.7 Å². The zero-order valence-corrected chi connectivity index (χ0v) is 18.4. The fourth-order valence-electron chi connectivity index (χ4n) is 3.71. The molecule has 2 aromatic rings. The topological polar surface area (TPSA) is 84.9 Å². The standard InChI is InChI=1S/C22H28N2O5S/c1-16-7-12-21(29-3)20(14-16)23-22(25)15-17-6-4-5-13-24(17)30(26,27)19-10-8-18(28-2)9-11-19/h7-12,14,17H,4-6,13,15H2,1-3H3,(H,23,25). The molecule has 0 radical (unpaired) electrons. The summed E-state index contributed by atoms with van der Waals surface area (Å²) < 4.78 is 38.3. The summed E-state index contributed by atoms with van der Waals surface area (Å²) in [5.74, 6) is 0.927. The highest BCUT2D eigenvalue weighted by Crippen LogP contribution is 2.29. The first-order chi connectivity index (χ1) is 14.3. The second-order valence-corrected chi connectivity index (χ2v) is 9.29. The van der Waals surface area contributed by atoms with Crippen molar-refractivity contribution in [1.82, 2.24) is 4.31 Å². The van der Waals surface area contributed by atoms with Crippen LogP contribution in [0.2, 0.25) is 0 Å². The van der Waals surface area contributed by atoms with Crippen molar-refractivity contribution in [2.75, 3.05) is 26.1 Å². The predicted molar refractivity (Wildman–Crippen MR) is 116 cm³/mol. The van der Waals surface area contributed by atoms with Crippen LogP contribution >= 0.6 is 0 Å². The number of hydrogen-bond acceptors (Lipinski definition) is 5. The van der Waals surface area contributed by atoms with Gasteiger partial charge in [-0.25, -0.2) is 8.42 Å². The molecule has 0 spiro atoms. The van der Waals surface area contributed by atoms with Gasteiger partial charge in [0.2, 0.25) is 15.9 Å². The van der Waals surface area contributed by atoms with E-state index >= 15 is 0 Å². The lowest BCUT2D eigenvalue weighted by atomic mass is 10.0. The molecule has 162 valence electrons. The monoisotopic (exact) mass is 432 g/mol. The lowest BCUT2D eigenvalue weighted by Gasteiger charge is -2.34. The maximum Gasteiger partial charge on any atom is 0.243 e. The molecule has 0 bridgehead atoms. The molecule has 1 aliphatic rings. The van der Waals surface area contributed by atoms with Crippen molar-refractivity contribution in [3.05, 3.63) is 48.0 Å². The first kappa shape index (κ1) is 22.1. The molecule has 2 aromatic carbocycles. The molecule has 1 saturated heterocycles. The summed E-state index contributed by atoms with van der Waals surface area (Å²) in [4.78, 5) is 13.0. The molecule has 1 aliphatic heterocycles. The molecule has 3 rings (SSSR count). The number of piperidine rings is 1. The van der Waals surface area contributed by atoms with Crippen LogP contribution in [0, 0.1) is 6.92 Å². The number of aryl methyl sites for hydroxylation is 1. The molecule has 0 saturated carbocycles. The van der Waals surface area contributed by atoms with E-state index in [0.717, 1.165) is 18.4 Å². The first-order valence-electron chi connectivity index (χ1n) is 9.95. The molecule has 1 amide bonds. The molecule has 1 fully saturated rings. The largest absolute Gasteiger partial charge is 0.497 e. The van der Waals surface area contributed by atoms with Gasteiger partial charge in [0.15, 0.2) is 0 Å². The van der Waals surface area contributed by atoms with Gasteiger partial charge in [0.1, 0.15) is 11.5 Å². The Kier molecular flexibility index (Phi) is 6.99. The van der Waals surface area contributed by atoms with Crippen molar-refractivity contribution in [2.45, 2.75) is 43.5 Å². The van der Waals surface area contributed by atoms with Gasteiger partial charge in [-0.05, 0) is 61.7 Å². The molecule has 1 unspecified atom stereocenters. The van der Waals surface area contributed by atoms with Gasteiger partial charge in [-0.15, -0.1) is 0 Å². The Morgan fingerprint density at radius 1 is 1.10 bits per heavy atom. The van der Waals surface area contributed by atoms with Crippen molar-refractivity contribution in [1.29, 1.82) is 0 Å². The smallest absolute Gasteiger partial charge is 0.243 e. The van der Waals surface area contributed by atoms with Crippen LogP contribution in [0.4, 0.5) is 5.69 Å². The Hall–Kier alpha value is -2.58. The number of anilines is 1. The molecular weight excluding hydrogens is 404 g/mol. The van der Waals surface area contributed by atoms with Gasteiger partial charge >= 0.3 is 0 Å². The first-order valence-corrected chi connectivity index (χ1v) is 11.4. The number of carbonyl (C=O) groups is 1. The van der Waals surface area contributed by atoms with E-state index in [1.165, 1.54) is 23.5 Å². The average molecular weight is 433 g/mol. The third-order valence-electron chi connectivity index (χ3n) is 5.29. The van der Waals surface area contributed by atoms with E-state index in [9.17, 15) is 13.2 Å². The lowest BCUT2D eigenvalue weighted by Crippen LogP contribution is -2.45. The van der Waals surface area contributed by atoms with Crippen molar-refractivity contribution in [3.63, 3.8) is 0 Å². The summed E-state index contributed by atoms with van der Waals surface area (Å²) in [6.45, 7) is 2.33.